The zero-order chi connectivity index (χ0) is 36.5. The number of hydrogen-bond acceptors (Lipinski definition) is 9. The smallest absolute Gasteiger partial charge is 0.449 e. The van der Waals surface area contributed by atoms with Crippen LogP contribution < -0.4 is 20.2 Å². The number of aromatic nitrogens is 1. The minimum atomic E-state index is -5.35. The zero-order valence-electron chi connectivity index (χ0n) is 27.0. The van der Waals surface area contributed by atoms with Crippen LogP contribution in [-0.2, 0) is 32.0 Å². The summed E-state index contributed by atoms with van der Waals surface area (Å²) < 4.78 is 92.4. The lowest BCUT2D eigenvalue weighted by atomic mass is 9.98. The van der Waals surface area contributed by atoms with Crippen molar-refractivity contribution >= 4 is 33.5 Å². The zero-order valence-corrected chi connectivity index (χ0v) is 27.8. The van der Waals surface area contributed by atoms with E-state index < -0.39 is 41.0 Å². The highest BCUT2D eigenvalue weighted by atomic mass is 32.1. The van der Waals surface area contributed by atoms with Gasteiger partial charge in [0.1, 0.15) is 11.6 Å². The third kappa shape index (κ3) is 10.9. The molecule has 4 aromatic rings. The third-order valence-electron chi connectivity index (χ3n) is 7.30. The number of halogens is 6. The fourth-order valence-electron chi connectivity index (χ4n) is 4.95. The van der Waals surface area contributed by atoms with E-state index in [-0.39, 0.29) is 35.0 Å². The maximum Gasteiger partial charge on any atom is 0.491 e. The summed E-state index contributed by atoms with van der Waals surface area (Å²) in [5.74, 6) is -5.74. The van der Waals surface area contributed by atoms with Gasteiger partial charge in [-0.25, -0.2) is 9.59 Å². The summed E-state index contributed by atoms with van der Waals surface area (Å²) in [6.07, 6.45) is -10.8. The third-order valence-corrected chi connectivity index (χ3v) is 8.23. The lowest BCUT2D eigenvalue weighted by Crippen LogP contribution is -2.32. The fraction of sp³-hybridized carbons (Fsp3) is 0.382. The summed E-state index contributed by atoms with van der Waals surface area (Å²) in [6, 6.07) is 17.7. The molecule has 3 N–H and O–H groups in total. The van der Waals surface area contributed by atoms with Crippen molar-refractivity contribution in [2.75, 3.05) is 26.2 Å². The molecular weight excluding hydrogens is 692 g/mol. The topological polar surface area (TPSA) is 119 Å². The summed E-state index contributed by atoms with van der Waals surface area (Å²) in [7, 11) is 0. The number of ether oxygens (including phenoxy) is 3. The Labute approximate surface area is 286 Å². The van der Waals surface area contributed by atoms with E-state index in [1.807, 2.05) is 56.3 Å². The minimum Gasteiger partial charge on any atom is -0.449 e. The van der Waals surface area contributed by atoms with E-state index in [1.54, 1.807) is 0 Å². The van der Waals surface area contributed by atoms with E-state index in [2.05, 4.69) is 26.4 Å². The van der Waals surface area contributed by atoms with Gasteiger partial charge >= 0.3 is 29.2 Å². The van der Waals surface area contributed by atoms with Gasteiger partial charge < -0.3 is 29.8 Å². The van der Waals surface area contributed by atoms with Crippen molar-refractivity contribution in [2.24, 2.45) is 0 Å². The van der Waals surface area contributed by atoms with Crippen LogP contribution in [0, 0.1) is 0 Å². The van der Waals surface area contributed by atoms with Gasteiger partial charge in [0.05, 0.1) is 10.8 Å². The number of thiazole rings is 1. The van der Waals surface area contributed by atoms with Gasteiger partial charge in [-0.3, -0.25) is 4.79 Å². The average molecular weight is 728 g/mol. The lowest BCUT2D eigenvalue weighted by Gasteiger charge is -2.21. The molecule has 1 heterocycles. The Morgan fingerprint density at radius 3 is 2.26 bits per heavy atom. The van der Waals surface area contributed by atoms with Crippen LogP contribution in [0.1, 0.15) is 43.1 Å². The molecule has 0 aliphatic carbocycles. The molecule has 0 amide bonds. The highest BCUT2D eigenvalue weighted by molar-refractivity contribution is 7.16. The van der Waals surface area contributed by atoms with Gasteiger partial charge in [0.25, 0.3) is 0 Å². The van der Waals surface area contributed by atoms with E-state index in [0.717, 1.165) is 47.4 Å². The standard InChI is InChI=1S/C34H35F6N3O6S/c1-20(2)47-17-5-15-41-18-23-6-3-4-7-24(23)22-10-8-21(9-11-22)14-16-42-19-27(49-31(45)34(38,39)40)25-12-13-26(48-30(44)33(35,36)37)28-29(25)50-32(46)43-28/h3-4,6-13,20,27,41-42H,5,14-19H2,1-2H3,(H,43,46). The highest BCUT2D eigenvalue weighted by Gasteiger charge is 2.43. The minimum absolute atomic E-state index is 0.110. The molecule has 16 heteroatoms. The van der Waals surface area contributed by atoms with Crippen LogP contribution in [0.15, 0.2) is 65.5 Å². The number of H-pyrrole nitrogens is 1. The molecule has 4 rings (SSSR count). The molecule has 3 aromatic carbocycles. The van der Waals surface area contributed by atoms with Crippen molar-refractivity contribution < 1.29 is 50.1 Å². The Morgan fingerprint density at radius 1 is 0.880 bits per heavy atom. The summed E-state index contributed by atoms with van der Waals surface area (Å²) in [6.45, 7) is 6.06. The van der Waals surface area contributed by atoms with Crippen LogP contribution in [0.4, 0.5) is 26.3 Å². The maximum absolute atomic E-state index is 13.2. The molecule has 0 spiro atoms. The first-order valence-electron chi connectivity index (χ1n) is 15.6. The number of carbonyl (C=O) groups is 2. The fourth-order valence-corrected chi connectivity index (χ4v) is 5.86. The van der Waals surface area contributed by atoms with Gasteiger partial charge in [-0.05, 0) is 74.2 Å². The first-order valence-corrected chi connectivity index (χ1v) is 16.4. The lowest BCUT2D eigenvalue weighted by molar-refractivity contribution is -0.205. The number of carbonyl (C=O) groups excluding carboxylic acids is 2. The molecule has 1 unspecified atom stereocenters. The summed E-state index contributed by atoms with van der Waals surface area (Å²) in [4.78, 5) is 36.8. The number of benzene rings is 3. The Balaban J connectivity index is 1.42. The van der Waals surface area contributed by atoms with Crippen LogP contribution in [-0.4, -0.2) is 61.6 Å². The van der Waals surface area contributed by atoms with E-state index in [4.69, 9.17) is 9.47 Å². The number of aromatic amines is 1. The van der Waals surface area contributed by atoms with Crippen molar-refractivity contribution in [3.63, 3.8) is 0 Å². The van der Waals surface area contributed by atoms with Gasteiger partial charge in [0.2, 0.25) is 0 Å². The van der Waals surface area contributed by atoms with Crippen molar-refractivity contribution in [1.29, 1.82) is 0 Å². The van der Waals surface area contributed by atoms with E-state index in [9.17, 15) is 40.7 Å². The van der Waals surface area contributed by atoms with E-state index in [0.29, 0.717) is 30.9 Å². The SMILES string of the molecule is CC(C)OCCCNCc1ccccc1-c1ccc(CCNCC(OC(=O)C(F)(F)F)c2ccc(OC(=O)C(F)(F)F)c3[nH]c(=O)sc23)cc1. The first-order chi connectivity index (χ1) is 23.6. The normalized spacial score (nSPS) is 12.7. The molecule has 1 aromatic heterocycles. The maximum atomic E-state index is 13.2. The van der Waals surface area contributed by atoms with Gasteiger partial charge in [0, 0.05) is 25.3 Å². The van der Waals surface area contributed by atoms with E-state index >= 15 is 0 Å². The van der Waals surface area contributed by atoms with Crippen molar-refractivity contribution in [2.45, 2.75) is 57.8 Å². The molecule has 0 radical (unpaired) electrons. The van der Waals surface area contributed by atoms with E-state index in [1.165, 1.54) is 0 Å². The average Bonchev–Trinajstić information content (AvgIpc) is 3.45. The Bertz CT molecular complexity index is 1800. The molecule has 0 fully saturated rings. The molecule has 0 aliphatic heterocycles. The number of hydrogen-bond donors (Lipinski definition) is 3. The largest absolute Gasteiger partial charge is 0.491 e. The number of fused-ring (bicyclic) bond motifs is 1. The summed E-state index contributed by atoms with van der Waals surface area (Å²) >= 11 is 0.442. The monoisotopic (exact) mass is 727 g/mol. The quantitative estimate of drug-likeness (QED) is 0.0511. The number of nitrogens with one attached hydrogen (secondary N) is 3. The molecule has 0 bridgehead atoms. The molecule has 270 valence electrons. The number of alkyl halides is 6. The van der Waals surface area contributed by atoms with Gasteiger partial charge in [0.15, 0.2) is 5.75 Å². The molecular formula is C34H35F6N3O6S. The van der Waals surface area contributed by atoms with Crippen molar-refractivity contribution in [3.05, 3.63) is 87.0 Å². The molecule has 0 saturated heterocycles. The van der Waals surface area contributed by atoms with Crippen LogP contribution in [0.25, 0.3) is 21.3 Å². The van der Waals surface area contributed by atoms with Crippen LogP contribution in [0.3, 0.4) is 0 Å². The second-order valence-corrected chi connectivity index (χ2v) is 12.4. The van der Waals surface area contributed by atoms with Gasteiger partial charge in [-0.2, -0.15) is 26.3 Å². The van der Waals surface area contributed by atoms with Gasteiger partial charge in [-0.15, -0.1) is 0 Å². The number of esters is 2. The number of rotatable bonds is 16. The van der Waals surface area contributed by atoms with Crippen molar-refractivity contribution in [1.82, 2.24) is 15.6 Å². The van der Waals surface area contributed by atoms with Gasteiger partial charge in [-0.1, -0.05) is 59.9 Å². The van der Waals surface area contributed by atoms with Crippen LogP contribution in [0.2, 0.25) is 0 Å². The summed E-state index contributed by atoms with van der Waals surface area (Å²) in [5, 5.41) is 6.39. The molecule has 50 heavy (non-hydrogen) atoms. The Hall–Kier alpha value is -4.25. The Morgan fingerprint density at radius 2 is 1.58 bits per heavy atom. The second kappa shape index (κ2) is 17.1. The summed E-state index contributed by atoms with van der Waals surface area (Å²) in [5.41, 5.74) is 3.63. The predicted octanol–water partition coefficient (Wildman–Crippen LogP) is 6.61. The molecule has 0 saturated carbocycles. The van der Waals surface area contributed by atoms with Crippen LogP contribution in [0.5, 0.6) is 5.75 Å². The highest BCUT2D eigenvalue weighted by Crippen LogP contribution is 2.35. The molecule has 1 atom stereocenters. The predicted molar refractivity (Wildman–Crippen MR) is 175 cm³/mol. The van der Waals surface area contributed by atoms with Crippen molar-refractivity contribution in [3.8, 4) is 16.9 Å². The van der Waals surface area contributed by atoms with Crippen LogP contribution >= 0.6 is 11.3 Å². The Kier molecular flexibility index (Phi) is 13.2. The molecule has 0 aliphatic rings. The molecule has 9 nitrogen and oxygen atoms in total. The second-order valence-electron chi connectivity index (χ2n) is 11.4. The first kappa shape index (κ1) is 38.6.